The van der Waals surface area contributed by atoms with E-state index >= 15 is 0 Å². The van der Waals surface area contributed by atoms with E-state index in [0.717, 1.165) is 44.2 Å². The number of hydrogen-bond donors (Lipinski definition) is 1. The summed E-state index contributed by atoms with van der Waals surface area (Å²) in [4.78, 5) is 2.34. The van der Waals surface area contributed by atoms with Gasteiger partial charge in [-0.3, -0.25) is 4.90 Å². The number of hydrogen-bond acceptors (Lipinski definition) is 4. The molecule has 92 valence electrons. The second-order valence-corrected chi connectivity index (χ2v) is 4.02. The molecule has 4 nitrogen and oxygen atoms in total. The highest BCUT2D eigenvalue weighted by atomic mass is 16.5. The predicted molar refractivity (Wildman–Crippen MR) is 67.1 cm³/mol. The quantitative estimate of drug-likeness (QED) is 0.783. The van der Waals surface area contributed by atoms with E-state index in [1.165, 1.54) is 6.21 Å². The first-order chi connectivity index (χ1) is 8.38. The van der Waals surface area contributed by atoms with E-state index in [9.17, 15) is 0 Å². The molecule has 1 aromatic carbocycles. The molecule has 0 radical (unpaired) electrons. The third kappa shape index (κ3) is 3.84. The van der Waals surface area contributed by atoms with Gasteiger partial charge in [-0.1, -0.05) is 12.1 Å². The van der Waals surface area contributed by atoms with Gasteiger partial charge in [-0.15, -0.1) is 0 Å². The third-order valence-electron chi connectivity index (χ3n) is 2.80. The molecule has 1 aliphatic rings. The maximum Gasteiger partial charge on any atom is 0.120 e. The number of nitrogens with zero attached hydrogens (tertiary/aromatic N) is 1. The Balaban J connectivity index is 1.75. The van der Waals surface area contributed by atoms with Gasteiger partial charge >= 0.3 is 0 Å². The molecule has 0 unspecified atom stereocenters. The highest BCUT2D eigenvalue weighted by Gasteiger charge is 2.09. The minimum Gasteiger partial charge on any atom is -0.492 e. The Morgan fingerprint density at radius 2 is 2.18 bits per heavy atom. The van der Waals surface area contributed by atoms with E-state index in [0.29, 0.717) is 6.61 Å². The third-order valence-corrected chi connectivity index (χ3v) is 2.80. The van der Waals surface area contributed by atoms with Crippen LogP contribution in [0.3, 0.4) is 0 Å². The van der Waals surface area contributed by atoms with Crippen molar-refractivity contribution in [1.82, 2.24) is 4.90 Å². The average Bonchev–Trinajstić information content (AvgIpc) is 2.40. The number of morpholine rings is 1. The minimum absolute atomic E-state index is 0.682. The van der Waals surface area contributed by atoms with E-state index in [2.05, 4.69) is 4.90 Å². The van der Waals surface area contributed by atoms with Gasteiger partial charge < -0.3 is 14.9 Å². The summed E-state index contributed by atoms with van der Waals surface area (Å²) in [5.74, 6) is 0.833. The van der Waals surface area contributed by atoms with Crippen LogP contribution in [0.5, 0.6) is 5.75 Å². The van der Waals surface area contributed by atoms with Crippen molar-refractivity contribution in [2.75, 3.05) is 39.5 Å². The largest absolute Gasteiger partial charge is 0.492 e. The van der Waals surface area contributed by atoms with Gasteiger partial charge in [0, 0.05) is 25.8 Å². The van der Waals surface area contributed by atoms with E-state index < -0.39 is 0 Å². The lowest BCUT2D eigenvalue weighted by Crippen LogP contribution is -2.38. The van der Waals surface area contributed by atoms with Crippen molar-refractivity contribution in [2.45, 2.75) is 0 Å². The zero-order chi connectivity index (χ0) is 11.9. The fourth-order valence-corrected chi connectivity index (χ4v) is 1.81. The molecule has 1 saturated heterocycles. The zero-order valence-corrected chi connectivity index (χ0v) is 9.89. The number of rotatable bonds is 5. The van der Waals surface area contributed by atoms with Crippen molar-refractivity contribution in [3.8, 4) is 5.75 Å². The molecule has 0 saturated carbocycles. The lowest BCUT2D eigenvalue weighted by molar-refractivity contribution is 0.0322. The minimum atomic E-state index is 0.682. The summed E-state index contributed by atoms with van der Waals surface area (Å²) in [6.07, 6.45) is 1.33. The van der Waals surface area contributed by atoms with Crippen molar-refractivity contribution in [3.63, 3.8) is 0 Å². The summed E-state index contributed by atoms with van der Waals surface area (Å²) in [7, 11) is 0. The van der Waals surface area contributed by atoms with Crippen molar-refractivity contribution in [3.05, 3.63) is 29.8 Å². The van der Waals surface area contributed by atoms with Crippen molar-refractivity contribution < 1.29 is 9.47 Å². The second kappa shape index (κ2) is 6.37. The van der Waals surface area contributed by atoms with Gasteiger partial charge in [0.25, 0.3) is 0 Å². The van der Waals surface area contributed by atoms with Crippen LogP contribution in [0.2, 0.25) is 0 Å². The van der Waals surface area contributed by atoms with E-state index in [1.54, 1.807) is 0 Å². The first-order valence-electron chi connectivity index (χ1n) is 5.92. The van der Waals surface area contributed by atoms with E-state index in [1.807, 2.05) is 24.3 Å². The molecule has 0 amide bonds. The van der Waals surface area contributed by atoms with Crippen LogP contribution in [0.4, 0.5) is 0 Å². The molecular weight excluding hydrogens is 216 g/mol. The first-order valence-corrected chi connectivity index (χ1v) is 5.92. The van der Waals surface area contributed by atoms with Crippen LogP contribution in [-0.4, -0.2) is 50.6 Å². The van der Waals surface area contributed by atoms with Gasteiger partial charge in [-0.2, -0.15) is 0 Å². The average molecular weight is 234 g/mol. The Kier molecular flexibility index (Phi) is 4.53. The Labute approximate surface area is 102 Å². The number of ether oxygens (including phenoxy) is 2. The topological polar surface area (TPSA) is 45.5 Å². The molecule has 0 atom stereocenters. The Morgan fingerprint density at radius 1 is 1.35 bits per heavy atom. The van der Waals surface area contributed by atoms with Crippen LogP contribution in [0, 0.1) is 5.41 Å². The molecule has 0 aromatic heterocycles. The molecule has 1 N–H and O–H groups in total. The van der Waals surface area contributed by atoms with Crippen LogP contribution >= 0.6 is 0 Å². The Bertz CT molecular complexity index is 362. The van der Waals surface area contributed by atoms with Crippen molar-refractivity contribution in [1.29, 1.82) is 5.41 Å². The normalized spacial score (nSPS) is 16.7. The fraction of sp³-hybridized carbons (Fsp3) is 0.462. The SMILES string of the molecule is N=Cc1cccc(OCCN2CCOCC2)c1. The van der Waals surface area contributed by atoms with Gasteiger partial charge in [0.05, 0.1) is 13.2 Å². The van der Waals surface area contributed by atoms with Gasteiger partial charge in [0.2, 0.25) is 0 Å². The predicted octanol–water partition coefficient (Wildman–Crippen LogP) is 1.40. The fourth-order valence-electron chi connectivity index (χ4n) is 1.81. The molecular formula is C13H18N2O2. The summed E-state index contributed by atoms with van der Waals surface area (Å²) >= 11 is 0. The molecule has 1 aromatic rings. The molecule has 4 heteroatoms. The molecule has 1 aliphatic heterocycles. The maximum atomic E-state index is 7.18. The summed E-state index contributed by atoms with van der Waals surface area (Å²) in [6, 6.07) is 7.60. The van der Waals surface area contributed by atoms with Gasteiger partial charge in [-0.25, -0.2) is 0 Å². The summed E-state index contributed by atoms with van der Waals surface area (Å²) in [5.41, 5.74) is 0.869. The summed E-state index contributed by atoms with van der Waals surface area (Å²) in [6.45, 7) is 5.24. The molecule has 0 bridgehead atoms. The first kappa shape index (κ1) is 12.1. The molecule has 1 heterocycles. The second-order valence-electron chi connectivity index (χ2n) is 4.02. The highest BCUT2D eigenvalue weighted by molar-refractivity contribution is 5.77. The lowest BCUT2D eigenvalue weighted by Gasteiger charge is -2.26. The van der Waals surface area contributed by atoms with Gasteiger partial charge in [0.15, 0.2) is 0 Å². The van der Waals surface area contributed by atoms with Crippen LogP contribution in [0.25, 0.3) is 0 Å². The molecule has 1 fully saturated rings. The lowest BCUT2D eigenvalue weighted by atomic mass is 10.2. The zero-order valence-electron chi connectivity index (χ0n) is 9.89. The van der Waals surface area contributed by atoms with Crippen LogP contribution < -0.4 is 4.74 Å². The van der Waals surface area contributed by atoms with Crippen LogP contribution in [-0.2, 0) is 4.74 Å². The molecule has 17 heavy (non-hydrogen) atoms. The molecule has 0 spiro atoms. The molecule has 2 rings (SSSR count). The van der Waals surface area contributed by atoms with Gasteiger partial charge in [-0.05, 0) is 17.7 Å². The van der Waals surface area contributed by atoms with E-state index in [-0.39, 0.29) is 0 Å². The van der Waals surface area contributed by atoms with Crippen LogP contribution in [0.1, 0.15) is 5.56 Å². The van der Waals surface area contributed by atoms with Crippen molar-refractivity contribution >= 4 is 6.21 Å². The van der Waals surface area contributed by atoms with E-state index in [4.69, 9.17) is 14.9 Å². The summed E-state index contributed by atoms with van der Waals surface area (Å²) < 4.78 is 11.0. The standard InChI is InChI=1S/C13H18N2O2/c14-11-12-2-1-3-13(10-12)17-9-6-15-4-7-16-8-5-15/h1-3,10-11,14H,4-9H2. The Morgan fingerprint density at radius 3 is 2.94 bits per heavy atom. The molecule has 0 aliphatic carbocycles. The monoisotopic (exact) mass is 234 g/mol. The smallest absolute Gasteiger partial charge is 0.120 e. The van der Waals surface area contributed by atoms with Crippen molar-refractivity contribution in [2.24, 2.45) is 0 Å². The summed E-state index contributed by atoms with van der Waals surface area (Å²) in [5, 5.41) is 7.18. The highest BCUT2D eigenvalue weighted by Crippen LogP contribution is 2.11. The maximum absolute atomic E-state index is 7.18. The van der Waals surface area contributed by atoms with Crippen LogP contribution in [0.15, 0.2) is 24.3 Å². The Hall–Kier alpha value is -1.39. The number of nitrogens with one attached hydrogen (secondary N) is 1. The number of benzene rings is 1. The van der Waals surface area contributed by atoms with Gasteiger partial charge in [0.1, 0.15) is 12.4 Å².